The van der Waals surface area contributed by atoms with E-state index in [0.29, 0.717) is 29.4 Å². The van der Waals surface area contributed by atoms with Gasteiger partial charge in [0.05, 0.1) is 22.6 Å². The quantitative estimate of drug-likeness (QED) is 0.760. The Morgan fingerprint density at radius 2 is 1.96 bits per heavy atom. The molecule has 2 aliphatic rings. The van der Waals surface area contributed by atoms with Crippen molar-refractivity contribution in [3.63, 3.8) is 0 Å². The summed E-state index contributed by atoms with van der Waals surface area (Å²) in [4.78, 5) is 27.5. The summed E-state index contributed by atoms with van der Waals surface area (Å²) in [7, 11) is 0. The lowest BCUT2D eigenvalue weighted by atomic mass is 10.0. The van der Waals surface area contributed by atoms with Gasteiger partial charge in [-0.2, -0.15) is 0 Å². The van der Waals surface area contributed by atoms with Crippen molar-refractivity contribution in [2.24, 2.45) is 0 Å². The molecule has 2 aromatic rings. The molecule has 146 valence electrons. The molecule has 6 nitrogen and oxygen atoms in total. The van der Waals surface area contributed by atoms with Gasteiger partial charge in [0.15, 0.2) is 0 Å². The molecule has 0 radical (unpaired) electrons. The molecular formula is C22H26N4O2. The number of para-hydroxylation sites is 1. The molecule has 0 spiro atoms. The van der Waals surface area contributed by atoms with Crippen LogP contribution >= 0.6 is 0 Å². The van der Waals surface area contributed by atoms with Crippen molar-refractivity contribution in [3.05, 3.63) is 53.6 Å². The number of rotatable bonds is 4. The summed E-state index contributed by atoms with van der Waals surface area (Å²) in [5.41, 5.74) is 3.26. The summed E-state index contributed by atoms with van der Waals surface area (Å²) >= 11 is 0. The van der Waals surface area contributed by atoms with Crippen LogP contribution in [0.4, 0.5) is 17.1 Å². The summed E-state index contributed by atoms with van der Waals surface area (Å²) in [5.74, 6) is -0.304. The fourth-order valence-electron chi connectivity index (χ4n) is 3.93. The van der Waals surface area contributed by atoms with E-state index in [2.05, 4.69) is 27.8 Å². The predicted molar refractivity (Wildman–Crippen MR) is 111 cm³/mol. The third-order valence-corrected chi connectivity index (χ3v) is 5.60. The lowest BCUT2D eigenvalue weighted by molar-refractivity contribution is 0.0937. The molecule has 0 bridgehead atoms. The van der Waals surface area contributed by atoms with Crippen LogP contribution < -0.4 is 16.0 Å². The minimum Gasteiger partial charge on any atom is -0.353 e. The van der Waals surface area contributed by atoms with E-state index in [4.69, 9.17) is 0 Å². The number of nitrogens with zero attached hydrogens (tertiary/aromatic N) is 1. The fourth-order valence-corrected chi connectivity index (χ4v) is 3.93. The average Bonchev–Trinajstić information content (AvgIpc) is 2.84. The van der Waals surface area contributed by atoms with E-state index < -0.39 is 0 Å². The highest BCUT2D eigenvalue weighted by atomic mass is 16.2. The second kappa shape index (κ2) is 8.02. The Balaban J connectivity index is 1.42. The molecule has 0 saturated carbocycles. The number of piperidine rings is 1. The van der Waals surface area contributed by atoms with Crippen LogP contribution in [0.25, 0.3) is 0 Å². The monoisotopic (exact) mass is 378 g/mol. The normalized spacial score (nSPS) is 18.9. The number of carbonyl (C=O) groups excluding carboxylic acids is 2. The number of fused-ring (bicyclic) bond motifs is 2. The van der Waals surface area contributed by atoms with Crippen molar-refractivity contribution in [3.8, 4) is 0 Å². The average molecular weight is 378 g/mol. The van der Waals surface area contributed by atoms with Crippen molar-refractivity contribution < 1.29 is 9.59 Å². The first-order chi connectivity index (χ1) is 13.6. The Morgan fingerprint density at radius 3 is 2.82 bits per heavy atom. The second-order valence-electron chi connectivity index (χ2n) is 7.52. The summed E-state index contributed by atoms with van der Waals surface area (Å²) in [5, 5.41) is 9.17. The molecule has 4 rings (SSSR count). The number of likely N-dealkylation sites (tertiary alicyclic amines) is 1. The Kier molecular flexibility index (Phi) is 5.30. The predicted octanol–water partition coefficient (Wildman–Crippen LogP) is 3.60. The maximum absolute atomic E-state index is 12.6. The lowest BCUT2D eigenvalue weighted by Gasteiger charge is -2.33. The van der Waals surface area contributed by atoms with E-state index in [1.807, 2.05) is 24.3 Å². The number of carbonyl (C=O) groups is 2. The van der Waals surface area contributed by atoms with Crippen molar-refractivity contribution in [1.82, 2.24) is 10.2 Å². The fraction of sp³-hybridized carbons (Fsp3) is 0.364. The molecule has 1 fully saturated rings. The van der Waals surface area contributed by atoms with Crippen molar-refractivity contribution >= 4 is 28.9 Å². The van der Waals surface area contributed by atoms with Gasteiger partial charge in [-0.25, -0.2) is 0 Å². The van der Waals surface area contributed by atoms with E-state index in [1.54, 1.807) is 18.2 Å². The summed E-state index contributed by atoms with van der Waals surface area (Å²) < 4.78 is 0. The Morgan fingerprint density at radius 1 is 1.11 bits per heavy atom. The van der Waals surface area contributed by atoms with Gasteiger partial charge in [-0.15, -0.1) is 0 Å². The molecule has 2 amide bonds. The van der Waals surface area contributed by atoms with Gasteiger partial charge in [0.25, 0.3) is 11.8 Å². The summed E-state index contributed by atoms with van der Waals surface area (Å²) in [6.45, 7) is 4.84. The van der Waals surface area contributed by atoms with E-state index in [0.717, 1.165) is 24.5 Å². The lowest BCUT2D eigenvalue weighted by Crippen LogP contribution is -2.42. The molecule has 28 heavy (non-hydrogen) atoms. The first-order valence-corrected chi connectivity index (χ1v) is 9.95. The molecule has 2 aliphatic heterocycles. The number of amides is 2. The number of hydrogen-bond donors (Lipinski definition) is 3. The number of hydrogen-bond acceptors (Lipinski definition) is 4. The minimum atomic E-state index is -0.182. The van der Waals surface area contributed by atoms with Crippen molar-refractivity contribution in [2.45, 2.75) is 32.2 Å². The Hall–Kier alpha value is -2.86. The van der Waals surface area contributed by atoms with Crippen LogP contribution in [0.15, 0.2) is 42.5 Å². The largest absolute Gasteiger partial charge is 0.353 e. The number of nitrogens with one attached hydrogen (secondary N) is 3. The van der Waals surface area contributed by atoms with Crippen LogP contribution in [-0.4, -0.2) is 42.4 Å². The van der Waals surface area contributed by atoms with Gasteiger partial charge in [0.1, 0.15) is 0 Å². The highest BCUT2D eigenvalue weighted by molar-refractivity contribution is 6.12. The smallest absolute Gasteiger partial charge is 0.257 e. The maximum atomic E-state index is 12.6. The van der Waals surface area contributed by atoms with Gasteiger partial charge in [-0.3, -0.25) is 14.5 Å². The number of benzene rings is 2. The topological polar surface area (TPSA) is 73.5 Å². The van der Waals surface area contributed by atoms with Gasteiger partial charge < -0.3 is 16.0 Å². The SMILES string of the molecule is CC1CCCCN1CCNC(=O)c1ccc2c(c1)NC(=O)c1ccccc1N2. The van der Waals surface area contributed by atoms with Crippen LogP contribution in [0, 0.1) is 0 Å². The molecule has 0 aromatic heterocycles. The summed E-state index contributed by atoms with van der Waals surface area (Å²) in [6, 6.07) is 13.3. The standard InChI is InChI=1S/C22H26N4O2/c1-15-6-4-5-12-26(15)13-11-23-21(27)16-9-10-19-20(14-16)25-22(28)17-7-2-3-8-18(17)24-19/h2-3,7-10,14-15,24H,4-6,11-13H2,1H3,(H,23,27)(H,25,28). The van der Waals surface area contributed by atoms with Crippen molar-refractivity contribution in [1.29, 1.82) is 0 Å². The second-order valence-corrected chi connectivity index (χ2v) is 7.52. The Labute approximate surface area is 165 Å². The molecule has 3 N–H and O–H groups in total. The van der Waals surface area contributed by atoms with Crippen LogP contribution in [0.5, 0.6) is 0 Å². The van der Waals surface area contributed by atoms with E-state index in [-0.39, 0.29) is 11.8 Å². The maximum Gasteiger partial charge on any atom is 0.257 e. The molecule has 6 heteroatoms. The molecular weight excluding hydrogens is 352 g/mol. The first kappa shape index (κ1) is 18.5. The van der Waals surface area contributed by atoms with Crippen LogP contribution in [0.1, 0.15) is 46.9 Å². The molecule has 2 heterocycles. The highest BCUT2D eigenvalue weighted by Crippen LogP contribution is 2.32. The van der Waals surface area contributed by atoms with Gasteiger partial charge in [0, 0.05) is 24.7 Å². The van der Waals surface area contributed by atoms with Gasteiger partial charge >= 0.3 is 0 Å². The third-order valence-electron chi connectivity index (χ3n) is 5.60. The number of anilines is 3. The first-order valence-electron chi connectivity index (χ1n) is 9.95. The van der Waals surface area contributed by atoms with Gasteiger partial charge in [-0.1, -0.05) is 18.6 Å². The van der Waals surface area contributed by atoms with Gasteiger partial charge in [-0.05, 0) is 56.6 Å². The molecule has 1 unspecified atom stereocenters. The zero-order chi connectivity index (χ0) is 19.5. The summed E-state index contributed by atoms with van der Waals surface area (Å²) in [6.07, 6.45) is 3.76. The van der Waals surface area contributed by atoms with Gasteiger partial charge in [0.2, 0.25) is 0 Å². The van der Waals surface area contributed by atoms with E-state index >= 15 is 0 Å². The Bertz CT molecular complexity index is 896. The zero-order valence-corrected chi connectivity index (χ0v) is 16.1. The molecule has 1 saturated heterocycles. The molecule has 2 aromatic carbocycles. The van der Waals surface area contributed by atoms with Crippen molar-refractivity contribution in [2.75, 3.05) is 30.3 Å². The minimum absolute atomic E-state index is 0.122. The molecule has 0 aliphatic carbocycles. The zero-order valence-electron chi connectivity index (χ0n) is 16.1. The van der Waals surface area contributed by atoms with E-state index in [1.165, 1.54) is 19.3 Å². The molecule has 1 atom stereocenters. The highest BCUT2D eigenvalue weighted by Gasteiger charge is 2.20. The third kappa shape index (κ3) is 3.87. The van der Waals surface area contributed by atoms with Crippen LogP contribution in [0.3, 0.4) is 0 Å². The van der Waals surface area contributed by atoms with Crippen LogP contribution in [0.2, 0.25) is 0 Å². The van der Waals surface area contributed by atoms with E-state index in [9.17, 15) is 9.59 Å². The van der Waals surface area contributed by atoms with Crippen LogP contribution in [-0.2, 0) is 0 Å².